The van der Waals surface area contributed by atoms with E-state index < -0.39 is 0 Å². The quantitative estimate of drug-likeness (QED) is 0.121. The standard InChI is InChI=1S/C47H52N4O/c1-8-13-34-26-35(23-31(3)4)43(24-32(5)6)42(14-9-2)47(34)36-29-49-50(30-36)37-15-12-16-38(27-37)52-39-19-20-41-40-17-10-11-18-44(40)51(45(41)28-39)46-25-33(7)21-22-48-46/h10-12,15-22,25-32H,8-9,13-14,23-24H2,1-7H3. The predicted octanol–water partition coefficient (Wildman–Crippen LogP) is 12.4. The van der Waals surface area contributed by atoms with Crippen LogP contribution in [0.25, 0.3) is 44.4 Å². The van der Waals surface area contributed by atoms with E-state index in [1.165, 1.54) is 38.6 Å². The average molecular weight is 689 g/mol. The zero-order valence-electron chi connectivity index (χ0n) is 31.9. The number of fused-ring (bicyclic) bond motifs is 3. The minimum atomic E-state index is 0.597. The van der Waals surface area contributed by atoms with Crippen LogP contribution in [0.5, 0.6) is 11.5 Å². The average Bonchev–Trinajstić information content (AvgIpc) is 3.73. The highest BCUT2D eigenvalue weighted by Crippen LogP contribution is 2.38. The van der Waals surface area contributed by atoms with Crippen molar-refractivity contribution in [2.75, 3.05) is 0 Å². The summed E-state index contributed by atoms with van der Waals surface area (Å²) >= 11 is 0. The first-order valence-electron chi connectivity index (χ1n) is 19.2. The maximum atomic E-state index is 6.58. The summed E-state index contributed by atoms with van der Waals surface area (Å²) in [6.07, 6.45) is 12.8. The summed E-state index contributed by atoms with van der Waals surface area (Å²) in [6, 6.07) is 29.8. The number of benzene rings is 4. The minimum Gasteiger partial charge on any atom is -0.457 e. The molecule has 0 aliphatic rings. The Morgan fingerprint density at radius 1 is 0.692 bits per heavy atom. The zero-order chi connectivity index (χ0) is 36.4. The Morgan fingerprint density at radius 2 is 1.46 bits per heavy atom. The molecule has 0 unspecified atom stereocenters. The van der Waals surface area contributed by atoms with Crippen molar-refractivity contribution in [1.82, 2.24) is 19.3 Å². The number of pyridine rings is 1. The van der Waals surface area contributed by atoms with Crippen molar-refractivity contribution < 1.29 is 4.74 Å². The predicted molar refractivity (Wildman–Crippen MR) is 217 cm³/mol. The molecule has 5 nitrogen and oxygen atoms in total. The second-order valence-electron chi connectivity index (χ2n) is 15.2. The summed E-state index contributed by atoms with van der Waals surface area (Å²) in [5.74, 6) is 3.65. The molecule has 0 fully saturated rings. The Hall–Kier alpha value is -5.16. The summed E-state index contributed by atoms with van der Waals surface area (Å²) in [4.78, 5) is 4.74. The number of ether oxygens (including phenoxy) is 1. The van der Waals surface area contributed by atoms with Gasteiger partial charge in [0.25, 0.3) is 0 Å². The van der Waals surface area contributed by atoms with Crippen molar-refractivity contribution >= 4 is 21.8 Å². The Balaban J connectivity index is 1.25. The number of hydrogen-bond donors (Lipinski definition) is 0. The normalized spacial score (nSPS) is 11.8. The monoisotopic (exact) mass is 688 g/mol. The number of para-hydroxylation sites is 1. The van der Waals surface area contributed by atoms with Gasteiger partial charge in [-0.2, -0.15) is 5.10 Å². The van der Waals surface area contributed by atoms with Crippen LogP contribution in [-0.2, 0) is 25.7 Å². The van der Waals surface area contributed by atoms with Crippen LogP contribution in [0.1, 0.15) is 82.2 Å². The van der Waals surface area contributed by atoms with Crippen LogP contribution in [0.4, 0.5) is 0 Å². The van der Waals surface area contributed by atoms with E-state index in [4.69, 9.17) is 14.8 Å². The summed E-state index contributed by atoms with van der Waals surface area (Å²) in [5.41, 5.74) is 13.0. The molecule has 0 aliphatic heterocycles. The topological polar surface area (TPSA) is 44.9 Å². The summed E-state index contributed by atoms with van der Waals surface area (Å²) in [6.45, 7) is 16.1. The molecular formula is C47H52N4O. The number of nitrogens with zero attached hydrogens (tertiary/aromatic N) is 4. The van der Waals surface area contributed by atoms with Gasteiger partial charge in [0.1, 0.15) is 17.3 Å². The highest BCUT2D eigenvalue weighted by atomic mass is 16.5. The lowest BCUT2D eigenvalue weighted by atomic mass is 9.81. The molecule has 0 spiro atoms. The number of aryl methyl sites for hydroxylation is 2. The molecule has 0 atom stereocenters. The van der Waals surface area contributed by atoms with Gasteiger partial charge in [-0.15, -0.1) is 0 Å². The molecule has 4 aromatic carbocycles. The molecule has 0 saturated heterocycles. The molecule has 0 amide bonds. The van der Waals surface area contributed by atoms with Crippen LogP contribution in [0.2, 0.25) is 0 Å². The molecule has 0 N–H and O–H groups in total. The van der Waals surface area contributed by atoms with E-state index in [1.54, 1.807) is 11.1 Å². The summed E-state index contributed by atoms with van der Waals surface area (Å²) in [7, 11) is 0. The van der Waals surface area contributed by atoms with E-state index in [-0.39, 0.29) is 0 Å². The Labute approximate surface area is 309 Å². The molecule has 0 saturated carbocycles. The molecule has 7 rings (SSSR count). The van der Waals surface area contributed by atoms with Crippen molar-refractivity contribution in [1.29, 1.82) is 0 Å². The van der Waals surface area contributed by atoms with Crippen LogP contribution in [0.15, 0.2) is 104 Å². The van der Waals surface area contributed by atoms with Gasteiger partial charge in [-0.1, -0.05) is 84.7 Å². The van der Waals surface area contributed by atoms with E-state index >= 15 is 0 Å². The zero-order valence-corrected chi connectivity index (χ0v) is 31.9. The fourth-order valence-corrected chi connectivity index (χ4v) is 7.87. The lowest BCUT2D eigenvalue weighted by molar-refractivity contribution is 0.483. The smallest absolute Gasteiger partial charge is 0.137 e. The lowest BCUT2D eigenvalue weighted by Gasteiger charge is -2.24. The Kier molecular flexibility index (Phi) is 10.3. The maximum absolute atomic E-state index is 6.58. The number of aromatic nitrogens is 4. The van der Waals surface area contributed by atoms with E-state index in [0.29, 0.717) is 11.8 Å². The van der Waals surface area contributed by atoms with Gasteiger partial charge in [-0.3, -0.25) is 4.57 Å². The van der Waals surface area contributed by atoms with Gasteiger partial charge in [-0.25, -0.2) is 9.67 Å². The third-order valence-corrected chi connectivity index (χ3v) is 9.95. The third kappa shape index (κ3) is 7.14. The van der Waals surface area contributed by atoms with E-state index in [0.717, 1.165) is 72.6 Å². The molecular weight excluding hydrogens is 637 g/mol. The molecule has 5 heteroatoms. The summed E-state index contributed by atoms with van der Waals surface area (Å²) in [5, 5.41) is 7.31. The molecule has 7 aromatic rings. The first kappa shape index (κ1) is 35.3. The van der Waals surface area contributed by atoms with Crippen LogP contribution in [0.3, 0.4) is 0 Å². The highest BCUT2D eigenvalue weighted by molar-refractivity contribution is 6.09. The van der Waals surface area contributed by atoms with Gasteiger partial charge in [-0.05, 0) is 120 Å². The molecule has 3 aromatic heterocycles. The highest BCUT2D eigenvalue weighted by Gasteiger charge is 2.21. The van der Waals surface area contributed by atoms with Crippen LogP contribution in [0, 0.1) is 18.8 Å². The maximum Gasteiger partial charge on any atom is 0.137 e. The molecule has 0 aliphatic carbocycles. The van der Waals surface area contributed by atoms with Gasteiger partial charge in [0.2, 0.25) is 0 Å². The van der Waals surface area contributed by atoms with Crippen molar-refractivity contribution in [3.05, 3.63) is 131 Å². The summed E-state index contributed by atoms with van der Waals surface area (Å²) < 4.78 is 10.8. The van der Waals surface area contributed by atoms with E-state index in [9.17, 15) is 0 Å². The molecule has 0 radical (unpaired) electrons. The van der Waals surface area contributed by atoms with Gasteiger partial charge in [0.05, 0.1) is 22.9 Å². The van der Waals surface area contributed by atoms with Crippen LogP contribution in [-0.4, -0.2) is 19.3 Å². The molecule has 0 bridgehead atoms. The first-order chi connectivity index (χ1) is 25.2. The van der Waals surface area contributed by atoms with Gasteiger partial charge >= 0.3 is 0 Å². The van der Waals surface area contributed by atoms with Crippen molar-refractivity contribution in [3.8, 4) is 34.1 Å². The van der Waals surface area contributed by atoms with Crippen LogP contribution >= 0.6 is 0 Å². The van der Waals surface area contributed by atoms with Crippen LogP contribution < -0.4 is 4.74 Å². The molecule has 3 heterocycles. The van der Waals surface area contributed by atoms with Crippen molar-refractivity contribution in [3.63, 3.8) is 0 Å². The fourth-order valence-electron chi connectivity index (χ4n) is 7.87. The van der Waals surface area contributed by atoms with E-state index in [2.05, 4.69) is 132 Å². The number of hydrogen-bond acceptors (Lipinski definition) is 3. The minimum absolute atomic E-state index is 0.597. The van der Waals surface area contributed by atoms with Gasteiger partial charge in [0, 0.05) is 40.9 Å². The van der Waals surface area contributed by atoms with Gasteiger partial charge in [0.15, 0.2) is 0 Å². The van der Waals surface area contributed by atoms with Gasteiger partial charge < -0.3 is 4.74 Å². The molecule has 52 heavy (non-hydrogen) atoms. The Bertz CT molecular complexity index is 2340. The third-order valence-electron chi connectivity index (χ3n) is 9.95. The second kappa shape index (κ2) is 15.2. The molecule has 266 valence electrons. The SMILES string of the molecule is CCCc1cc(CC(C)C)c(CC(C)C)c(CCC)c1-c1cnn(-c2cccc(Oc3ccc4c5ccccc5n(-c5cc(C)ccn5)c4c3)c2)c1. The lowest BCUT2D eigenvalue weighted by Crippen LogP contribution is -2.11. The second-order valence-corrected chi connectivity index (χ2v) is 15.2. The fraction of sp³-hybridized carbons (Fsp3) is 0.319. The number of rotatable bonds is 13. The Morgan fingerprint density at radius 3 is 2.23 bits per heavy atom. The van der Waals surface area contributed by atoms with E-state index in [1.807, 2.05) is 29.1 Å². The first-order valence-corrected chi connectivity index (χ1v) is 19.2. The van der Waals surface area contributed by atoms with Crippen molar-refractivity contribution in [2.24, 2.45) is 11.8 Å². The van der Waals surface area contributed by atoms with Crippen molar-refractivity contribution in [2.45, 2.75) is 87.0 Å². The largest absolute Gasteiger partial charge is 0.457 e.